The lowest BCUT2D eigenvalue weighted by Crippen LogP contribution is -2.61. The number of hydrogen-bond donors (Lipinski definition) is 15. The summed E-state index contributed by atoms with van der Waals surface area (Å²) >= 11 is 2.00. The number of nitrogens with two attached hydrogens (primary N) is 3. The number of nitrogens with one attached hydrogen (secondary N) is 9. The van der Waals surface area contributed by atoms with Crippen LogP contribution in [0.2, 0.25) is 0 Å². The van der Waals surface area contributed by atoms with Crippen molar-refractivity contribution in [3.63, 3.8) is 0 Å². The summed E-state index contributed by atoms with van der Waals surface area (Å²) in [6, 6.07) is 2.72. The summed E-state index contributed by atoms with van der Waals surface area (Å²) in [5.41, 5.74) is 18.1. The lowest BCUT2D eigenvalue weighted by Gasteiger charge is -2.30. The first-order valence-corrected chi connectivity index (χ1v) is 28.1. The number of H-pyrrole nitrogens is 1. The number of thioether (sulfide) groups is 2. The minimum Gasteiger partial charge on any atom is -0.508 e. The van der Waals surface area contributed by atoms with Crippen molar-refractivity contribution in [2.75, 3.05) is 36.3 Å². The molecule has 0 unspecified atom stereocenters. The number of aliphatic carboxylic acids is 2. The van der Waals surface area contributed by atoms with Gasteiger partial charge < -0.3 is 84.9 Å². The molecular formula is C51H71N15O14S2. The van der Waals surface area contributed by atoms with Gasteiger partial charge in [-0.1, -0.05) is 42.5 Å². The highest BCUT2D eigenvalue weighted by Crippen LogP contribution is 2.21. The van der Waals surface area contributed by atoms with Crippen molar-refractivity contribution in [2.24, 2.45) is 22.2 Å². The zero-order valence-electron chi connectivity index (χ0n) is 45.1. The number of carboxylic acid groups (broad SMARTS) is 2. The Labute approximate surface area is 480 Å². The molecule has 2 heterocycles. The van der Waals surface area contributed by atoms with Crippen LogP contribution in [0, 0.1) is 0 Å². The molecule has 0 aliphatic carbocycles. The quantitative estimate of drug-likeness (QED) is 0.0120. The second-order valence-corrected chi connectivity index (χ2v) is 20.9. The number of carbonyl (C=O) groups excluding carboxylic acids is 9. The number of nitrogens with zero attached hydrogens (tertiary/aromatic N) is 3. The molecule has 1 saturated heterocycles. The van der Waals surface area contributed by atoms with Gasteiger partial charge in [0.1, 0.15) is 48.0 Å². The predicted molar refractivity (Wildman–Crippen MR) is 301 cm³/mol. The fraction of sp³-hybridized carbons (Fsp3) is 0.471. The van der Waals surface area contributed by atoms with Crippen LogP contribution in [0.1, 0.15) is 62.8 Å². The van der Waals surface area contributed by atoms with Gasteiger partial charge in [0.15, 0.2) is 5.96 Å². The van der Waals surface area contributed by atoms with Crippen molar-refractivity contribution in [2.45, 2.75) is 114 Å². The molecule has 8 atom stereocenters. The van der Waals surface area contributed by atoms with Gasteiger partial charge in [0.05, 0.1) is 30.5 Å². The highest BCUT2D eigenvalue weighted by molar-refractivity contribution is 7.99. The summed E-state index contributed by atoms with van der Waals surface area (Å²) in [5, 5.41) is 50.0. The number of carbonyl (C=O) groups is 11. The number of rotatable bonds is 34. The molecular weight excluding hydrogens is 1110 g/mol. The molecule has 1 aliphatic rings. The van der Waals surface area contributed by atoms with Crippen molar-refractivity contribution >= 4 is 94.6 Å². The van der Waals surface area contributed by atoms with E-state index in [4.69, 9.17) is 17.2 Å². The van der Waals surface area contributed by atoms with Crippen molar-refractivity contribution in [3.8, 4) is 5.75 Å². The van der Waals surface area contributed by atoms with Crippen LogP contribution in [0.5, 0.6) is 5.75 Å². The Morgan fingerprint density at radius 1 is 0.695 bits per heavy atom. The Kier molecular flexibility index (Phi) is 27.4. The van der Waals surface area contributed by atoms with Crippen LogP contribution >= 0.6 is 23.5 Å². The minimum absolute atomic E-state index is 0.00372. The SMILES string of the molecule is CC(=O)NCSC[C@H](NC(=O)[C@H](Cc1ccc(O)cc1)NC(=O)[C@@H](CSCNC(C)=O)NC(=O)[C@H](CCCN=C(N)N)NC(=O)[C@@H](N)CC(=O)O)C(=O)N[C@@H](Cc1cnc[nH]1)C(=O)N1CCC[C@H]1C(=O)N[C@@H](Cc1ccccc1)C(=O)O. The van der Waals surface area contributed by atoms with E-state index in [1.807, 2.05) is 0 Å². The average Bonchev–Trinajstić information content (AvgIpc) is 4.15. The van der Waals surface area contributed by atoms with E-state index < -0.39 is 120 Å². The molecule has 1 aliphatic heterocycles. The number of aromatic hydroxyl groups is 1. The third kappa shape index (κ3) is 23.3. The van der Waals surface area contributed by atoms with E-state index in [1.165, 1.54) is 55.5 Å². The standard InChI is InChI=1S/C51H71N15O14S2/c1-28(67)58-26-81-23-39(64-44(73)35(10-6-16-56-51(53)54)60-43(72)34(52)21-42(70)71)46(75)61-36(18-31-12-14-33(69)15-13-31)45(74)65-40(24-82-27-59-29(2)68)47(76)62-37(20-32-22-55-25-57-32)49(78)66-17-7-11-41(66)48(77)63-38(50(79)80)19-30-8-4-3-5-9-30/h3-5,8-9,12-15,22,25,34-41,69H,6-7,10-11,16-21,23-24,26-27,52H2,1-2H3,(H,55,57)(H,58,67)(H,59,68)(H,60,72)(H,61,75)(H,62,76)(H,63,77)(H,64,73)(H,65,74)(H,70,71)(H,79,80)(H4,53,54,56)/t34-,35-,36-,37-,38-,39+,40-,41-/m0/s1. The summed E-state index contributed by atoms with van der Waals surface area (Å²) in [4.78, 5) is 159. The third-order valence-electron chi connectivity index (χ3n) is 12.3. The fourth-order valence-electron chi connectivity index (χ4n) is 8.16. The number of likely N-dealkylation sites (tertiary alicyclic amines) is 1. The smallest absolute Gasteiger partial charge is 0.326 e. The predicted octanol–water partition coefficient (Wildman–Crippen LogP) is -3.36. The van der Waals surface area contributed by atoms with Gasteiger partial charge in [-0.05, 0) is 48.9 Å². The minimum atomic E-state index is -1.57. The number of aromatic nitrogens is 2. The van der Waals surface area contributed by atoms with E-state index in [2.05, 4.69) is 57.5 Å². The van der Waals surface area contributed by atoms with E-state index in [9.17, 15) is 68.1 Å². The Morgan fingerprint density at radius 3 is 1.78 bits per heavy atom. The second-order valence-electron chi connectivity index (χ2n) is 18.9. The van der Waals surface area contributed by atoms with E-state index in [0.717, 1.165) is 23.5 Å². The number of imidazole rings is 1. The molecule has 0 radical (unpaired) electrons. The maximum Gasteiger partial charge on any atom is 0.326 e. The molecule has 1 fully saturated rings. The number of carboxylic acids is 2. The van der Waals surface area contributed by atoms with Gasteiger partial charge in [-0.15, -0.1) is 23.5 Å². The molecule has 18 N–H and O–H groups in total. The van der Waals surface area contributed by atoms with Gasteiger partial charge in [-0.2, -0.15) is 0 Å². The molecule has 2 aromatic carbocycles. The van der Waals surface area contributed by atoms with E-state index in [-0.39, 0.29) is 86.6 Å². The van der Waals surface area contributed by atoms with Crippen molar-refractivity contribution in [3.05, 3.63) is 83.9 Å². The first-order valence-electron chi connectivity index (χ1n) is 25.8. The van der Waals surface area contributed by atoms with Gasteiger partial charge in [0.2, 0.25) is 53.2 Å². The summed E-state index contributed by atoms with van der Waals surface area (Å²) in [6.45, 7) is 2.59. The first-order chi connectivity index (χ1) is 39.0. The summed E-state index contributed by atoms with van der Waals surface area (Å²) in [7, 11) is 0. The summed E-state index contributed by atoms with van der Waals surface area (Å²) < 4.78 is 0. The summed E-state index contributed by atoms with van der Waals surface area (Å²) in [6.07, 6.45) is 1.96. The first kappa shape index (κ1) is 66.1. The normalized spacial score (nSPS) is 15.3. The average molecular weight is 1180 g/mol. The van der Waals surface area contributed by atoms with Gasteiger partial charge in [0.25, 0.3) is 0 Å². The molecule has 4 rings (SSSR count). The lowest BCUT2D eigenvalue weighted by atomic mass is 10.0. The Morgan fingerprint density at radius 2 is 1.23 bits per heavy atom. The number of hydrogen-bond acceptors (Lipinski definition) is 17. The molecule has 29 nitrogen and oxygen atoms in total. The lowest BCUT2D eigenvalue weighted by molar-refractivity contribution is -0.145. The van der Waals surface area contributed by atoms with Gasteiger partial charge >= 0.3 is 11.9 Å². The molecule has 31 heteroatoms. The Hall–Kier alpha value is -8.45. The second kappa shape index (κ2) is 34.0. The van der Waals surface area contributed by atoms with Crippen LogP contribution in [0.3, 0.4) is 0 Å². The topological polar surface area (TPSA) is 467 Å². The van der Waals surface area contributed by atoms with Crippen molar-refractivity contribution < 1.29 is 68.1 Å². The van der Waals surface area contributed by atoms with Crippen molar-refractivity contribution in [1.82, 2.24) is 57.4 Å². The molecule has 3 aromatic rings. The van der Waals surface area contributed by atoms with Crippen LogP contribution in [-0.2, 0) is 72.0 Å². The van der Waals surface area contributed by atoms with E-state index in [0.29, 0.717) is 23.2 Å². The van der Waals surface area contributed by atoms with Crippen LogP contribution in [0.25, 0.3) is 0 Å². The highest BCUT2D eigenvalue weighted by Gasteiger charge is 2.40. The zero-order chi connectivity index (χ0) is 60.3. The van der Waals surface area contributed by atoms with Crippen molar-refractivity contribution in [1.29, 1.82) is 0 Å². The number of benzene rings is 2. The van der Waals surface area contributed by atoms with E-state index >= 15 is 0 Å². The molecule has 0 spiro atoms. The monoisotopic (exact) mass is 1180 g/mol. The molecule has 446 valence electrons. The van der Waals surface area contributed by atoms with Gasteiger partial charge in [-0.25, -0.2) is 9.78 Å². The maximum atomic E-state index is 14.7. The maximum absolute atomic E-state index is 14.7. The largest absolute Gasteiger partial charge is 0.508 e. The number of guanidine groups is 1. The van der Waals surface area contributed by atoms with Crippen LogP contribution in [0.4, 0.5) is 0 Å². The number of phenolic OH excluding ortho intramolecular Hbond substituents is 1. The number of amides is 9. The van der Waals surface area contributed by atoms with Crippen LogP contribution in [-0.4, -0.2) is 186 Å². The number of aromatic amines is 1. The summed E-state index contributed by atoms with van der Waals surface area (Å²) in [5.74, 6) is -10.7. The van der Waals surface area contributed by atoms with Crippen LogP contribution < -0.4 is 59.7 Å². The van der Waals surface area contributed by atoms with Gasteiger partial charge in [-0.3, -0.25) is 52.9 Å². The molecule has 1 aromatic heterocycles. The number of aliphatic imine (C=N–C) groups is 1. The molecule has 82 heavy (non-hydrogen) atoms. The highest BCUT2D eigenvalue weighted by atomic mass is 32.2. The fourth-order valence-corrected chi connectivity index (χ4v) is 9.95. The number of phenols is 1. The molecule has 0 bridgehead atoms. The van der Waals surface area contributed by atoms with Crippen LogP contribution in [0.15, 0.2) is 72.1 Å². The van der Waals surface area contributed by atoms with E-state index in [1.54, 1.807) is 30.3 Å². The Balaban J connectivity index is 1.66. The zero-order valence-corrected chi connectivity index (χ0v) is 46.7. The third-order valence-corrected chi connectivity index (χ3v) is 14.2. The Bertz CT molecular complexity index is 2700. The molecule has 0 saturated carbocycles. The molecule has 9 amide bonds. The van der Waals surface area contributed by atoms with Gasteiger partial charge in [0, 0.05) is 69.6 Å².